The number of carbonyl (C=O) groups excluding carboxylic acids is 1. The fourth-order valence-electron chi connectivity index (χ4n) is 3.42. The number of amides is 1. The molecule has 1 unspecified atom stereocenters. The summed E-state index contributed by atoms with van der Waals surface area (Å²) < 4.78 is 0. The first-order chi connectivity index (χ1) is 9.25. The van der Waals surface area contributed by atoms with Crippen LogP contribution in [0.4, 0.5) is 5.69 Å². The van der Waals surface area contributed by atoms with E-state index in [9.17, 15) is 4.79 Å². The van der Waals surface area contributed by atoms with Gasteiger partial charge in [-0.1, -0.05) is 31.0 Å². The summed E-state index contributed by atoms with van der Waals surface area (Å²) in [6.07, 6.45) is 5.17. The van der Waals surface area contributed by atoms with Gasteiger partial charge in [0, 0.05) is 18.3 Å². The highest BCUT2D eigenvalue weighted by atomic mass is 16.2. The van der Waals surface area contributed by atoms with Crippen molar-refractivity contribution in [3.63, 3.8) is 0 Å². The largest absolute Gasteiger partial charge is 0.384 e. The first-order valence-electron chi connectivity index (χ1n) is 7.39. The van der Waals surface area contributed by atoms with E-state index in [1.165, 1.54) is 25.7 Å². The second-order valence-corrected chi connectivity index (χ2v) is 5.86. The predicted molar refractivity (Wildman–Crippen MR) is 77.2 cm³/mol. The van der Waals surface area contributed by atoms with Crippen LogP contribution in [0.15, 0.2) is 24.3 Å². The molecule has 2 aliphatic rings. The van der Waals surface area contributed by atoms with Crippen LogP contribution in [0.2, 0.25) is 0 Å². The minimum Gasteiger partial charge on any atom is -0.384 e. The molecule has 1 saturated carbocycles. The van der Waals surface area contributed by atoms with E-state index in [1.54, 1.807) is 0 Å². The lowest BCUT2D eigenvalue weighted by Gasteiger charge is -2.22. The molecule has 2 atom stereocenters. The molecule has 1 aromatic rings. The molecule has 1 amide bonds. The lowest BCUT2D eigenvalue weighted by molar-refractivity contribution is -0.123. The number of hydrogen-bond acceptors (Lipinski definition) is 2. The molecule has 0 radical (unpaired) electrons. The van der Waals surface area contributed by atoms with E-state index in [2.05, 4.69) is 23.6 Å². The van der Waals surface area contributed by atoms with E-state index in [-0.39, 0.29) is 11.8 Å². The average Bonchev–Trinajstić information content (AvgIpc) is 3.08. The molecule has 0 aromatic heterocycles. The minimum absolute atomic E-state index is 0.0277. The fraction of sp³-hybridized carbons (Fsp3) is 0.562. The van der Waals surface area contributed by atoms with Crippen LogP contribution in [0.5, 0.6) is 0 Å². The molecule has 1 aliphatic heterocycles. The van der Waals surface area contributed by atoms with Crippen LogP contribution in [0.1, 0.15) is 44.1 Å². The molecule has 3 heteroatoms. The Morgan fingerprint density at radius 2 is 2.05 bits per heavy atom. The van der Waals surface area contributed by atoms with Gasteiger partial charge in [-0.05, 0) is 37.3 Å². The second-order valence-electron chi connectivity index (χ2n) is 5.86. The Labute approximate surface area is 114 Å². The summed E-state index contributed by atoms with van der Waals surface area (Å²) in [7, 11) is 0. The summed E-state index contributed by atoms with van der Waals surface area (Å²) in [5.41, 5.74) is 2.25. The molecule has 3 nitrogen and oxygen atoms in total. The predicted octanol–water partition coefficient (Wildman–Crippen LogP) is 2.89. The van der Waals surface area contributed by atoms with Crippen LogP contribution in [0.25, 0.3) is 0 Å². The number of rotatable bonds is 3. The zero-order valence-electron chi connectivity index (χ0n) is 11.5. The van der Waals surface area contributed by atoms with E-state index in [0.717, 1.165) is 17.8 Å². The van der Waals surface area contributed by atoms with Crippen LogP contribution in [0.3, 0.4) is 0 Å². The van der Waals surface area contributed by atoms with Crippen molar-refractivity contribution < 1.29 is 4.79 Å². The van der Waals surface area contributed by atoms with Gasteiger partial charge in [0.05, 0.1) is 5.92 Å². The smallest absolute Gasteiger partial charge is 0.229 e. The van der Waals surface area contributed by atoms with Crippen molar-refractivity contribution in [2.75, 3.05) is 11.9 Å². The van der Waals surface area contributed by atoms with E-state index in [4.69, 9.17) is 0 Å². The van der Waals surface area contributed by atoms with Crippen LogP contribution in [-0.2, 0) is 4.79 Å². The molecule has 1 fully saturated rings. The van der Waals surface area contributed by atoms with Crippen LogP contribution >= 0.6 is 0 Å². The van der Waals surface area contributed by atoms with Crippen molar-refractivity contribution in [1.29, 1.82) is 0 Å². The maximum atomic E-state index is 12.4. The van der Waals surface area contributed by atoms with Crippen molar-refractivity contribution in [3.8, 4) is 0 Å². The number of para-hydroxylation sites is 1. The van der Waals surface area contributed by atoms with Crippen molar-refractivity contribution in [2.24, 2.45) is 5.92 Å². The van der Waals surface area contributed by atoms with E-state index in [0.29, 0.717) is 12.0 Å². The summed E-state index contributed by atoms with van der Waals surface area (Å²) in [5, 5.41) is 6.54. The average molecular weight is 258 g/mol. The summed E-state index contributed by atoms with van der Waals surface area (Å²) in [6, 6.07) is 8.42. The molecule has 1 aliphatic carbocycles. The molecule has 3 rings (SSSR count). The Morgan fingerprint density at radius 3 is 2.84 bits per heavy atom. The summed E-state index contributed by atoms with van der Waals surface area (Å²) in [5.74, 6) is 0.824. The molecule has 1 aromatic carbocycles. The summed E-state index contributed by atoms with van der Waals surface area (Å²) in [4.78, 5) is 12.4. The number of carbonyl (C=O) groups is 1. The maximum absolute atomic E-state index is 12.4. The second kappa shape index (κ2) is 5.24. The molecule has 0 spiro atoms. The van der Waals surface area contributed by atoms with Crippen molar-refractivity contribution in [2.45, 2.75) is 44.6 Å². The summed E-state index contributed by atoms with van der Waals surface area (Å²) in [6.45, 7) is 2.88. The molecule has 19 heavy (non-hydrogen) atoms. The van der Waals surface area contributed by atoms with E-state index < -0.39 is 0 Å². The highest BCUT2D eigenvalue weighted by Gasteiger charge is 2.30. The molecule has 2 N–H and O–H groups in total. The normalized spacial score (nSPS) is 23.7. The Balaban J connectivity index is 1.65. The molecule has 102 valence electrons. The lowest BCUT2D eigenvalue weighted by atomic mass is 9.96. The maximum Gasteiger partial charge on any atom is 0.229 e. The van der Waals surface area contributed by atoms with E-state index >= 15 is 0 Å². The Morgan fingerprint density at radius 1 is 1.32 bits per heavy atom. The van der Waals surface area contributed by atoms with Crippen LogP contribution in [-0.4, -0.2) is 18.5 Å². The van der Waals surface area contributed by atoms with Gasteiger partial charge in [0.25, 0.3) is 0 Å². The van der Waals surface area contributed by atoms with Gasteiger partial charge in [-0.25, -0.2) is 0 Å². The Bertz CT molecular complexity index is 466. The van der Waals surface area contributed by atoms with Gasteiger partial charge >= 0.3 is 0 Å². The Kier molecular flexibility index (Phi) is 3.45. The Hall–Kier alpha value is -1.51. The van der Waals surface area contributed by atoms with Gasteiger partial charge in [-0.15, -0.1) is 0 Å². The highest BCUT2D eigenvalue weighted by molar-refractivity contribution is 5.88. The lowest BCUT2D eigenvalue weighted by Crippen LogP contribution is -2.40. The monoisotopic (exact) mass is 258 g/mol. The fourth-order valence-corrected chi connectivity index (χ4v) is 3.42. The summed E-state index contributed by atoms with van der Waals surface area (Å²) >= 11 is 0. The standard InChI is InChI=1S/C16H22N2O/c1-11(12-6-2-3-7-12)18-16(19)14-10-17-15-9-5-4-8-13(14)15/h4-5,8-9,11-12,14,17H,2-3,6-7,10H2,1H3,(H,18,19)/t11-,14?/m0/s1. The van der Waals surface area contributed by atoms with Gasteiger partial charge in [0.2, 0.25) is 5.91 Å². The zero-order valence-corrected chi connectivity index (χ0v) is 11.5. The molecule has 0 saturated heterocycles. The molecule has 1 heterocycles. The number of nitrogens with one attached hydrogen (secondary N) is 2. The van der Waals surface area contributed by atoms with Gasteiger partial charge in [-0.2, -0.15) is 0 Å². The first kappa shape index (κ1) is 12.5. The van der Waals surface area contributed by atoms with Gasteiger partial charge in [0.1, 0.15) is 0 Å². The number of hydrogen-bond donors (Lipinski definition) is 2. The SMILES string of the molecule is C[C@H](NC(=O)C1CNc2ccccc21)C1CCCC1. The number of anilines is 1. The van der Waals surface area contributed by atoms with Crippen molar-refractivity contribution in [3.05, 3.63) is 29.8 Å². The topological polar surface area (TPSA) is 41.1 Å². The van der Waals surface area contributed by atoms with Crippen molar-refractivity contribution in [1.82, 2.24) is 5.32 Å². The third-order valence-corrected chi connectivity index (χ3v) is 4.63. The third-order valence-electron chi connectivity index (χ3n) is 4.63. The molecular formula is C16H22N2O. The number of benzene rings is 1. The third kappa shape index (κ3) is 2.46. The van der Waals surface area contributed by atoms with Gasteiger partial charge in [0.15, 0.2) is 0 Å². The van der Waals surface area contributed by atoms with E-state index in [1.807, 2.05) is 18.2 Å². The van der Waals surface area contributed by atoms with Crippen LogP contribution < -0.4 is 10.6 Å². The molecular weight excluding hydrogens is 236 g/mol. The highest BCUT2D eigenvalue weighted by Crippen LogP contribution is 2.32. The van der Waals surface area contributed by atoms with Crippen molar-refractivity contribution >= 4 is 11.6 Å². The van der Waals surface area contributed by atoms with Crippen LogP contribution in [0, 0.1) is 5.92 Å². The number of fused-ring (bicyclic) bond motifs is 1. The zero-order chi connectivity index (χ0) is 13.2. The van der Waals surface area contributed by atoms with Gasteiger partial charge < -0.3 is 10.6 Å². The van der Waals surface area contributed by atoms with Gasteiger partial charge in [-0.3, -0.25) is 4.79 Å². The quantitative estimate of drug-likeness (QED) is 0.875. The minimum atomic E-state index is -0.0277. The first-order valence-corrected chi connectivity index (χ1v) is 7.39. The molecule has 0 bridgehead atoms.